The van der Waals surface area contributed by atoms with E-state index in [-0.39, 0.29) is 0 Å². The van der Waals surface area contributed by atoms with E-state index >= 15 is 0 Å². The Kier molecular flexibility index (Phi) is 5.12. The molecule has 0 radical (unpaired) electrons. The number of halogens is 1. The van der Waals surface area contributed by atoms with Gasteiger partial charge in [0.1, 0.15) is 0 Å². The highest BCUT2D eigenvalue weighted by molar-refractivity contribution is 6.33. The predicted octanol–water partition coefficient (Wildman–Crippen LogP) is 3.86. The van der Waals surface area contributed by atoms with Crippen molar-refractivity contribution in [3.8, 4) is 0 Å². The molecule has 0 saturated heterocycles. The van der Waals surface area contributed by atoms with Crippen LogP contribution in [0.4, 0.5) is 5.69 Å². The van der Waals surface area contributed by atoms with Gasteiger partial charge < -0.3 is 10.6 Å². The number of rotatable bonds is 4. The van der Waals surface area contributed by atoms with E-state index in [9.17, 15) is 0 Å². The van der Waals surface area contributed by atoms with Crippen molar-refractivity contribution in [3.63, 3.8) is 0 Å². The summed E-state index contributed by atoms with van der Waals surface area (Å²) in [6.07, 6.45) is 6.11. The zero-order chi connectivity index (χ0) is 13.8. The lowest BCUT2D eigenvalue weighted by Gasteiger charge is -2.35. The van der Waals surface area contributed by atoms with E-state index in [2.05, 4.69) is 37.1 Å². The molecule has 0 spiro atoms. The van der Waals surface area contributed by atoms with Gasteiger partial charge in [-0.1, -0.05) is 24.6 Å². The molecule has 2 rings (SSSR count). The fourth-order valence-corrected chi connectivity index (χ4v) is 3.32. The number of nitrogens with two attached hydrogens (primary N) is 1. The van der Waals surface area contributed by atoms with Crippen LogP contribution in [0.15, 0.2) is 18.2 Å². The van der Waals surface area contributed by atoms with Crippen LogP contribution in [0.5, 0.6) is 0 Å². The zero-order valence-electron chi connectivity index (χ0n) is 12.0. The van der Waals surface area contributed by atoms with Gasteiger partial charge in [-0.3, -0.25) is 0 Å². The molecule has 1 aromatic rings. The first-order chi connectivity index (χ1) is 9.11. The Labute approximate surface area is 121 Å². The summed E-state index contributed by atoms with van der Waals surface area (Å²) in [5, 5.41) is 0.854. The Morgan fingerprint density at radius 1 is 1.26 bits per heavy atom. The van der Waals surface area contributed by atoms with Gasteiger partial charge in [0.15, 0.2) is 0 Å². The molecule has 19 heavy (non-hydrogen) atoms. The monoisotopic (exact) mass is 280 g/mol. The largest absolute Gasteiger partial charge is 0.370 e. The maximum absolute atomic E-state index is 6.43. The highest BCUT2D eigenvalue weighted by atomic mass is 35.5. The summed E-state index contributed by atoms with van der Waals surface area (Å²) in [6, 6.07) is 6.99. The van der Waals surface area contributed by atoms with Crippen LogP contribution in [-0.2, 0) is 6.42 Å². The molecule has 1 aliphatic carbocycles. The molecular formula is C16H25ClN2. The van der Waals surface area contributed by atoms with Crippen molar-refractivity contribution in [2.75, 3.05) is 18.5 Å². The van der Waals surface area contributed by atoms with Crippen LogP contribution in [0.25, 0.3) is 0 Å². The second-order valence-electron chi connectivity index (χ2n) is 5.85. The number of hydrogen-bond donors (Lipinski definition) is 1. The van der Waals surface area contributed by atoms with Crippen molar-refractivity contribution < 1.29 is 0 Å². The van der Waals surface area contributed by atoms with Gasteiger partial charge in [-0.15, -0.1) is 0 Å². The normalized spacial score (nSPS) is 23.4. The summed E-state index contributed by atoms with van der Waals surface area (Å²) in [4.78, 5) is 2.36. The van der Waals surface area contributed by atoms with E-state index in [1.807, 2.05) is 0 Å². The second kappa shape index (κ2) is 6.62. The summed E-state index contributed by atoms with van der Waals surface area (Å²) in [5.74, 6) is 0.882. The topological polar surface area (TPSA) is 29.3 Å². The van der Waals surface area contributed by atoms with Crippen LogP contribution in [-0.4, -0.2) is 19.6 Å². The fraction of sp³-hybridized carbons (Fsp3) is 0.625. The van der Waals surface area contributed by atoms with Crippen molar-refractivity contribution in [2.45, 2.75) is 45.1 Å². The van der Waals surface area contributed by atoms with E-state index in [1.54, 1.807) is 0 Å². The van der Waals surface area contributed by atoms with Gasteiger partial charge in [-0.25, -0.2) is 0 Å². The van der Waals surface area contributed by atoms with E-state index in [0.717, 1.165) is 23.0 Å². The van der Waals surface area contributed by atoms with Crippen LogP contribution in [0.2, 0.25) is 5.02 Å². The number of hydrogen-bond acceptors (Lipinski definition) is 2. The molecule has 1 aliphatic rings. The Morgan fingerprint density at radius 2 is 1.95 bits per heavy atom. The van der Waals surface area contributed by atoms with Gasteiger partial charge in [0.05, 0.1) is 10.7 Å². The third-order valence-corrected chi connectivity index (χ3v) is 4.66. The van der Waals surface area contributed by atoms with Gasteiger partial charge >= 0.3 is 0 Å². The standard InChI is InChI=1S/C16H25ClN2/c1-12-3-6-14(7-4-12)19(2)16-8-5-13(9-10-18)11-15(16)17/h5,8,11-12,14H,3-4,6-7,9-10,18H2,1-2H3. The average Bonchev–Trinajstić information content (AvgIpc) is 2.39. The zero-order valence-corrected chi connectivity index (χ0v) is 12.8. The molecule has 1 aromatic carbocycles. The number of nitrogens with zero attached hydrogens (tertiary/aromatic N) is 1. The van der Waals surface area contributed by atoms with Crippen molar-refractivity contribution in [1.29, 1.82) is 0 Å². The van der Waals surface area contributed by atoms with Crippen LogP contribution in [0, 0.1) is 5.92 Å². The first-order valence-corrected chi connectivity index (χ1v) is 7.71. The Hall–Kier alpha value is -0.730. The van der Waals surface area contributed by atoms with E-state index in [0.29, 0.717) is 12.6 Å². The van der Waals surface area contributed by atoms with E-state index in [1.165, 1.54) is 31.2 Å². The lowest BCUT2D eigenvalue weighted by Crippen LogP contribution is -2.35. The molecule has 0 amide bonds. The Balaban J connectivity index is 2.08. The molecular weight excluding hydrogens is 256 g/mol. The minimum atomic E-state index is 0.633. The second-order valence-corrected chi connectivity index (χ2v) is 6.26. The summed E-state index contributed by atoms with van der Waals surface area (Å²) in [6.45, 7) is 3.02. The van der Waals surface area contributed by atoms with Crippen LogP contribution in [0.1, 0.15) is 38.2 Å². The number of anilines is 1. The van der Waals surface area contributed by atoms with E-state index < -0.39 is 0 Å². The Bertz CT molecular complexity index is 411. The van der Waals surface area contributed by atoms with Crippen molar-refractivity contribution >= 4 is 17.3 Å². The summed E-state index contributed by atoms with van der Waals surface area (Å²) in [7, 11) is 2.17. The first kappa shape index (κ1) is 14.7. The molecule has 2 nitrogen and oxygen atoms in total. The van der Waals surface area contributed by atoms with Crippen LogP contribution >= 0.6 is 11.6 Å². The molecule has 0 heterocycles. The first-order valence-electron chi connectivity index (χ1n) is 7.33. The molecule has 1 saturated carbocycles. The third-order valence-electron chi connectivity index (χ3n) is 4.36. The summed E-state index contributed by atoms with van der Waals surface area (Å²) in [5.41, 5.74) is 7.96. The lowest BCUT2D eigenvalue weighted by molar-refractivity contribution is 0.341. The highest BCUT2D eigenvalue weighted by Gasteiger charge is 2.22. The molecule has 0 unspecified atom stereocenters. The molecule has 0 bridgehead atoms. The minimum Gasteiger partial charge on any atom is -0.370 e. The predicted molar refractivity (Wildman–Crippen MR) is 84.0 cm³/mol. The van der Waals surface area contributed by atoms with Crippen molar-refractivity contribution in [2.24, 2.45) is 11.7 Å². The van der Waals surface area contributed by atoms with Gasteiger partial charge in [0.25, 0.3) is 0 Å². The quantitative estimate of drug-likeness (QED) is 0.907. The molecule has 3 heteroatoms. The van der Waals surface area contributed by atoms with Crippen LogP contribution in [0.3, 0.4) is 0 Å². The van der Waals surface area contributed by atoms with Crippen LogP contribution < -0.4 is 10.6 Å². The van der Waals surface area contributed by atoms with Gasteiger partial charge in [-0.05, 0) is 62.3 Å². The Morgan fingerprint density at radius 3 is 2.53 bits per heavy atom. The van der Waals surface area contributed by atoms with Crippen molar-refractivity contribution in [1.82, 2.24) is 0 Å². The lowest BCUT2D eigenvalue weighted by atomic mass is 9.86. The fourth-order valence-electron chi connectivity index (χ4n) is 2.99. The highest BCUT2D eigenvalue weighted by Crippen LogP contribution is 2.33. The SMILES string of the molecule is CC1CCC(N(C)c2ccc(CCN)cc2Cl)CC1. The smallest absolute Gasteiger partial charge is 0.0642 e. The summed E-state index contributed by atoms with van der Waals surface area (Å²) < 4.78 is 0. The van der Waals surface area contributed by atoms with E-state index in [4.69, 9.17) is 17.3 Å². The van der Waals surface area contributed by atoms with Gasteiger partial charge in [0.2, 0.25) is 0 Å². The molecule has 1 fully saturated rings. The molecule has 0 aliphatic heterocycles. The molecule has 106 valence electrons. The third kappa shape index (κ3) is 3.64. The average molecular weight is 281 g/mol. The minimum absolute atomic E-state index is 0.633. The maximum atomic E-state index is 6.43. The van der Waals surface area contributed by atoms with Gasteiger partial charge in [-0.2, -0.15) is 0 Å². The molecule has 0 atom stereocenters. The van der Waals surface area contributed by atoms with Crippen molar-refractivity contribution in [3.05, 3.63) is 28.8 Å². The maximum Gasteiger partial charge on any atom is 0.0642 e. The molecule has 2 N–H and O–H groups in total. The van der Waals surface area contributed by atoms with Gasteiger partial charge in [0, 0.05) is 13.1 Å². The molecule has 0 aromatic heterocycles. The summed E-state index contributed by atoms with van der Waals surface area (Å²) >= 11 is 6.43. The number of benzene rings is 1.